The van der Waals surface area contributed by atoms with Gasteiger partial charge in [0.05, 0.1) is 16.2 Å². The molecule has 0 saturated carbocycles. The number of carboxylic acids is 1. The average molecular weight is 348 g/mol. The maximum atomic E-state index is 12.6. The summed E-state index contributed by atoms with van der Waals surface area (Å²) < 4.78 is 0.146. The third-order valence-corrected chi connectivity index (χ3v) is 5.22. The van der Waals surface area contributed by atoms with Gasteiger partial charge in [0.2, 0.25) is 0 Å². The molecule has 1 aromatic rings. The number of amides is 2. The Balaban J connectivity index is 2.14. The van der Waals surface area contributed by atoms with Crippen LogP contribution in [0.15, 0.2) is 29.2 Å². The first-order chi connectivity index (χ1) is 10.8. The Morgan fingerprint density at radius 2 is 1.91 bits per heavy atom. The van der Waals surface area contributed by atoms with Crippen LogP contribution in [0.2, 0.25) is 0 Å². The van der Waals surface area contributed by atoms with Crippen molar-refractivity contribution in [2.45, 2.75) is 13.0 Å². The molecule has 0 spiro atoms. The molecule has 2 heterocycles. The lowest BCUT2D eigenvalue weighted by Crippen LogP contribution is -2.41. The molecule has 2 amide bonds. The molecule has 1 aromatic carbocycles. The molecule has 0 aromatic heterocycles. The number of thioether (sulfide) groups is 1. The molecule has 118 valence electrons. The molecule has 0 bridgehead atoms. The van der Waals surface area contributed by atoms with Gasteiger partial charge in [0.25, 0.3) is 11.8 Å². The van der Waals surface area contributed by atoms with Crippen molar-refractivity contribution >= 4 is 57.3 Å². The molecule has 1 atom stereocenters. The fraction of sp³-hybridized carbons (Fsp3) is 0.200. The third kappa shape index (κ3) is 2.25. The van der Waals surface area contributed by atoms with Crippen molar-refractivity contribution in [2.75, 3.05) is 11.9 Å². The number of fused-ring (bicyclic) bond motifs is 1. The summed E-state index contributed by atoms with van der Waals surface area (Å²) in [6.45, 7) is 1.39. The van der Waals surface area contributed by atoms with Crippen LogP contribution in [-0.4, -0.2) is 45.2 Å². The lowest BCUT2D eigenvalue weighted by molar-refractivity contribution is -0.144. The number of anilines is 1. The van der Waals surface area contributed by atoms with E-state index in [0.29, 0.717) is 11.3 Å². The zero-order valence-corrected chi connectivity index (χ0v) is 13.9. The molecule has 8 heteroatoms. The average Bonchev–Trinajstić information content (AvgIpc) is 2.94. The number of likely N-dealkylation sites (N-methyl/N-ethyl adjacent to an activating group) is 1. The highest BCUT2D eigenvalue weighted by molar-refractivity contribution is 8.26. The summed E-state index contributed by atoms with van der Waals surface area (Å²) in [7, 11) is 1.63. The van der Waals surface area contributed by atoms with Crippen molar-refractivity contribution < 1.29 is 19.5 Å². The minimum Gasteiger partial charge on any atom is -0.480 e. The highest BCUT2D eigenvalue weighted by Gasteiger charge is 2.43. The Morgan fingerprint density at radius 3 is 2.57 bits per heavy atom. The quantitative estimate of drug-likeness (QED) is 0.648. The van der Waals surface area contributed by atoms with E-state index in [2.05, 4.69) is 0 Å². The fourth-order valence-electron chi connectivity index (χ4n) is 2.56. The van der Waals surface area contributed by atoms with E-state index in [1.54, 1.807) is 25.2 Å². The van der Waals surface area contributed by atoms with Gasteiger partial charge in [0.15, 0.2) is 0 Å². The Kier molecular flexibility index (Phi) is 3.73. The lowest BCUT2D eigenvalue weighted by atomic mass is 10.1. The summed E-state index contributed by atoms with van der Waals surface area (Å²) >= 11 is 6.11. The second-order valence-corrected chi connectivity index (χ2v) is 6.79. The molecule has 2 aliphatic rings. The first-order valence-electron chi connectivity index (χ1n) is 6.74. The van der Waals surface area contributed by atoms with E-state index in [9.17, 15) is 14.4 Å². The summed E-state index contributed by atoms with van der Waals surface area (Å²) in [6.07, 6.45) is 0. The molecule has 0 radical (unpaired) electrons. The molecule has 0 unspecified atom stereocenters. The van der Waals surface area contributed by atoms with Gasteiger partial charge in [0.1, 0.15) is 10.4 Å². The molecule has 6 nitrogen and oxygen atoms in total. The molecule has 1 fully saturated rings. The SMILES string of the molecule is C[C@H](C(=O)O)N1C(=O)/C(=C2/C(=O)N(C)c3ccccc32)SC1=S. The van der Waals surface area contributed by atoms with Crippen molar-refractivity contribution in [3.63, 3.8) is 0 Å². The van der Waals surface area contributed by atoms with Crippen LogP contribution in [0.3, 0.4) is 0 Å². The topological polar surface area (TPSA) is 77.9 Å². The number of hydrogen-bond acceptors (Lipinski definition) is 5. The van der Waals surface area contributed by atoms with Gasteiger partial charge >= 0.3 is 5.97 Å². The maximum absolute atomic E-state index is 12.6. The number of hydrogen-bond donors (Lipinski definition) is 1. The van der Waals surface area contributed by atoms with E-state index in [1.807, 2.05) is 6.07 Å². The number of carbonyl (C=O) groups is 3. The fourth-order valence-corrected chi connectivity index (χ4v) is 4.05. The molecular formula is C15H12N2O4S2. The van der Waals surface area contributed by atoms with E-state index in [0.717, 1.165) is 16.7 Å². The van der Waals surface area contributed by atoms with E-state index in [4.69, 9.17) is 17.3 Å². The van der Waals surface area contributed by atoms with Crippen LogP contribution < -0.4 is 4.90 Å². The second kappa shape index (κ2) is 5.47. The van der Waals surface area contributed by atoms with Crippen LogP contribution in [0.4, 0.5) is 5.69 Å². The predicted molar refractivity (Wildman–Crippen MR) is 90.9 cm³/mol. The number of carbonyl (C=O) groups excluding carboxylic acids is 2. The van der Waals surface area contributed by atoms with E-state index in [-0.39, 0.29) is 20.7 Å². The predicted octanol–water partition coefficient (Wildman–Crippen LogP) is 1.71. The summed E-state index contributed by atoms with van der Waals surface area (Å²) in [6, 6.07) is 6.07. The molecule has 1 N–H and O–H groups in total. The Bertz CT molecular complexity index is 802. The van der Waals surface area contributed by atoms with Crippen molar-refractivity contribution in [2.24, 2.45) is 0 Å². The van der Waals surface area contributed by atoms with Gasteiger partial charge in [0, 0.05) is 12.6 Å². The first kappa shape index (κ1) is 15.7. The second-order valence-electron chi connectivity index (χ2n) is 5.14. The smallest absolute Gasteiger partial charge is 0.326 e. The summed E-state index contributed by atoms with van der Waals surface area (Å²) in [4.78, 5) is 39.0. The van der Waals surface area contributed by atoms with Gasteiger partial charge in [-0.05, 0) is 13.0 Å². The van der Waals surface area contributed by atoms with Crippen molar-refractivity contribution in [3.05, 3.63) is 34.7 Å². The molecule has 0 aliphatic carbocycles. The number of rotatable bonds is 2. The normalized spacial score (nSPS) is 21.9. The standard InChI is InChI=1S/C15H12N2O4S2/c1-7(14(20)21)17-13(19)11(23-15(17)22)10-8-5-3-4-6-9(8)16(2)12(10)18/h3-7H,1-2H3,(H,20,21)/b11-10-/t7-/m1/s1. The van der Waals surface area contributed by atoms with Crippen LogP contribution in [0.5, 0.6) is 0 Å². The minimum atomic E-state index is -1.15. The number of aliphatic carboxylic acids is 1. The zero-order valence-electron chi connectivity index (χ0n) is 12.3. The van der Waals surface area contributed by atoms with Gasteiger partial charge in [-0.25, -0.2) is 4.79 Å². The van der Waals surface area contributed by atoms with Crippen molar-refractivity contribution in [1.82, 2.24) is 4.90 Å². The van der Waals surface area contributed by atoms with Crippen LogP contribution >= 0.6 is 24.0 Å². The first-order valence-corrected chi connectivity index (χ1v) is 7.97. The van der Waals surface area contributed by atoms with Gasteiger partial charge < -0.3 is 10.0 Å². The summed E-state index contributed by atoms with van der Waals surface area (Å²) in [5.41, 5.74) is 1.65. The largest absolute Gasteiger partial charge is 0.480 e. The Hall–Kier alpha value is -2.19. The Morgan fingerprint density at radius 1 is 1.26 bits per heavy atom. The van der Waals surface area contributed by atoms with Crippen LogP contribution in [0.1, 0.15) is 12.5 Å². The highest BCUT2D eigenvalue weighted by atomic mass is 32.2. The van der Waals surface area contributed by atoms with Crippen LogP contribution in [0, 0.1) is 0 Å². The van der Waals surface area contributed by atoms with Gasteiger partial charge in [-0.1, -0.05) is 42.2 Å². The number of para-hydroxylation sites is 1. The zero-order chi connectivity index (χ0) is 16.9. The molecule has 1 saturated heterocycles. The van der Waals surface area contributed by atoms with E-state index >= 15 is 0 Å². The summed E-state index contributed by atoms with van der Waals surface area (Å²) in [5.74, 6) is -1.99. The maximum Gasteiger partial charge on any atom is 0.326 e. The van der Waals surface area contributed by atoms with Crippen molar-refractivity contribution in [1.29, 1.82) is 0 Å². The van der Waals surface area contributed by atoms with E-state index in [1.165, 1.54) is 11.8 Å². The summed E-state index contributed by atoms with van der Waals surface area (Å²) in [5, 5.41) is 9.13. The number of carboxylic acid groups (broad SMARTS) is 1. The Labute approximate surface area is 141 Å². The molecule has 2 aliphatic heterocycles. The monoisotopic (exact) mass is 348 g/mol. The highest BCUT2D eigenvalue weighted by Crippen LogP contribution is 2.44. The number of thiocarbonyl (C=S) groups is 1. The van der Waals surface area contributed by atoms with Crippen LogP contribution in [-0.2, 0) is 14.4 Å². The lowest BCUT2D eigenvalue weighted by Gasteiger charge is -2.18. The number of benzene rings is 1. The number of nitrogens with zero attached hydrogens (tertiary/aromatic N) is 2. The molecule has 3 rings (SSSR count). The van der Waals surface area contributed by atoms with Crippen LogP contribution in [0.25, 0.3) is 5.57 Å². The third-order valence-electron chi connectivity index (χ3n) is 3.82. The van der Waals surface area contributed by atoms with E-state index < -0.39 is 17.9 Å². The molecule has 23 heavy (non-hydrogen) atoms. The minimum absolute atomic E-state index is 0.146. The van der Waals surface area contributed by atoms with Crippen molar-refractivity contribution in [3.8, 4) is 0 Å². The van der Waals surface area contributed by atoms with Gasteiger partial charge in [-0.15, -0.1) is 0 Å². The van der Waals surface area contributed by atoms with Gasteiger partial charge in [-0.2, -0.15) is 0 Å². The molecular weight excluding hydrogens is 336 g/mol. The van der Waals surface area contributed by atoms with Gasteiger partial charge in [-0.3, -0.25) is 14.5 Å².